The van der Waals surface area contributed by atoms with Crippen molar-refractivity contribution in [2.75, 3.05) is 13.6 Å². The summed E-state index contributed by atoms with van der Waals surface area (Å²) in [5, 5.41) is 0.743. The molecule has 4 heteroatoms. The SMILES string of the molecule is CCN(C)/C=N\c1cc(C)c(Oc2ccc(-c3ccccc3Cl)cc2)cc1C. The van der Waals surface area contributed by atoms with Crippen LogP contribution in [0.3, 0.4) is 0 Å². The number of ether oxygens (including phenoxy) is 1. The van der Waals surface area contributed by atoms with Crippen LogP contribution in [0.5, 0.6) is 11.5 Å². The molecule has 0 aliphatic heterocycles. The van der Waals surface area contributed by atoms with E-state index in [4.69, 9.17) is 16.3 Å². The number of aryl methyl sites for hydroxylation is 2. The maximum absolute atomic E-state index is 6.29. The van der Waals surface area contributed by atoms with E-state index in [9.17, 15) is 0 Å². The average molecular weight is 393 g/mol. The molecule has 0 N–H and O–H groups in total. The molecule has 3 rings (SSSR count). The highest BCUT2D eigenvalue weighted by Crippen LogP contribution is 2.33. The van der Waals surface area contributed by atoms with E-state index in [0.717, 1.165) is 51.0 Å². The zero-order chi connectivity index (χ0) is 20.1. The summed E-state index contributed by atoms with van der Waals surface area (Å²) in [5.74, 6) is 1.63. The van der Waals surface area contributed by atoms with Crippen LogP contribution in [0.4, 0.5) is 5.69 Å². The summed E-state index contributed by atoms with van der Waals surface area (Å²) in [6.07, 6.45) is 1.86. The largest absolute Gasteiger partial charge is 0.457 e. The number of hydrogen-bond acceptors (Lipinski definition) is 2. The van der Waals surface area contributed by atoms with Crippen molar-refractivity contribution in [3.05, 3.63) is 76.8 Å². The minimum Gasteiger partial charge on any atom is -0.457 e. The lowest BCUT2D eigenvalue weighted by Gasteiger charge is -2.13. The minimum absolute atomic E-state index is 0.743. The number of halogens is 1. The van der Waals surface area contributed by atoms with E-state index in [1.54, 1.807) is 0 Å². The first kappa shape index (κ1) is 20.0. The first-order valence-electron chi connectivity index (χ1n) is 9.36. The zero-order valence-electron chi connectivity index (χ0n) is 16.7. The Morgan fingerprint density at radius 1 is 1.00 bits per heavy atom. The average Bonchev–Trinajstić information content (AvgIpc) is 2.70. The third kappa shape index (κ3) is 4.73. The molecular formula is C24H25ClN2O. The highest BCUT2D eigenvalue weighted by molar-refractivity contribution is 6.33. The Hall–Kier alpha value is -2.78. The van der Waals surface area contributed by atoms with Crippen molar-refractivity contribution in [3.63, 3.8) is 0 Å². The van der Waals surface area contributed by atoms with Gasteiger partial charge in [0.05, 0.1) is 12.0 Å². The number of nitrogens with zero attached hydrogens (tertiary/aromatic N) is 2. The van der Waals surface area contributed by atoms with Crippen LogP contribution in [0.2, 0.25) is 5.02 Å². The third-order valence-corrected chi connectivity index (χ3v) is 4.98. The van der Waals surface area contributed by atoms with Gasteiger partial charge in [-0.3, -0.25) is 0 Å². The van der Waals surface area contributed by atoms with E-state index >= 15 is 0 Å². The number of benzene rings is 3. The molecule has 0 atom stereocenters. The molecule has 0 radical (unpaired) electrons. The molecule has 0 unspecified atom stereocenters. The summed E-state index contributed by atoms with van der Waals surface area (Å²) < 4.78 is 6.12. The molecule has 0 aromatic heterocycles. The fraction of sp³-hybridized carbons (Fsp3) is 0.208. The number of rotatable bonds is 6. The molecule has 0 amide bonds. The first-order chi connectivity index (χ1) is 13.5. The molecule has 3 aromatic rings. The molecule has 0 bridgehead atoms. The van der Waals surface area contributed by atoms with Crippen LogP contribution in [-0.2, 0) is 0 Å². The van der Waals surface area contributed by atoms with Gasteiger partial charge in [0.15, 0.2) is 0 Å². The van der Waals surface area contributed by atoms with Crippen molar-refractivity contribution in [1.82, 2.24) is 4.90 Å². The summed E-state index contributed by atoms with van der Waals surface area (Å²) in [4.78, 5) is 6.61. The Morgan fingerprint density at radius 3 is 2.39 bits per heavy atom. The number of aliphatic imine (C=N–C) groups is 1. The second-order valence-corrected chi connectivity index (χ2v) is 7.24. The Bertz CT molecular complexity index is 980. The van der Waals surface area contributed by atoms with Gasteiger partial charge in [-0.05, 0) is 67.8 Å². The van der Waals surface area contributed by atoms with Crippen molar-refractivity contribution < 1.29 is 4.74 Å². The van der Waals surface area contributed by atoms with Crippen LogP contribution in [-0.4, -0.2) is 24.8 Å². The van der Waals surface area contributed by atoms with Gasteiger partial charge >= 0.3 is 0 Å². The van der Waals surface area contributed by atoms with E-state index in [1.807, 2.05) is 86.7 Å². The zero-order valence-corrected chi connectivity index (χ0v) is 17.5. The molecule has 3 aromatic carbocycles. The van der Waals surface area contributed by atoms with Gasteiger partial charge in [0.1, 0.15) is 11.5 Å². The molecule has 0 saturated heterocycles. The first-order valence-corrected chi connectivity index (χ1v) is 9.74. The lowest BCUT2D eigenvalue weighted by atomic mass is 10.1. The smallest absolute Gasteiger partial charge is 0.130 e. The minimum atomic E-state index is 0.743. The lowest BCUT2D eigenvalue weighted by Crippen LogP contribution is -2.14. The standard InChI is InChI=1S/C24H25ClN2O/c1-5-27(4)16-26-23-14-18(3)24(15-17(23)2)28-20-12-10-19(11-13-20)21-8-6-7-9-22(21)25/h6-16H,5H2,1-4H3/b26-16-. The van der Waals surface area contributed by atoms with Gasteiger partial charge in [-0.15, -0.1) is 0 Å². The van der Waals surface area contributed by atoms with Crippen molar-refractivity contribution in [2.45, 2.75) is 20.8 Å². The second-order valence-electron chi connectivity index (χ2n) is 6.83. The molecule has 144 valence electrons. The Kier molecular flexibility index (Phi) is 6.37. The predicted molar refractivity (Wildman–Crippen MR) is 119 cm³/mol. The second kappa shape index (κ2) is 8.94. The fourth-order valence-corrected chi connectivity index (χ4v) is 3.04. The highest BCUT2D eigenvalue weighted by Gasteiger charge is 2.08. The lowest BCUT2D eigenvalue weighted by molar-refractivity contribution is 0.478. The van der Waals surface area contributed by atoms with Crippen LogP contribution >= 0.6 is 11.6 Å². The maximum atomic E-state index is 6.29. The molecule has 0 aliphatic rings. The summed E-state index contributed by atoms with van der Waals surface area (Å²) >= 11 is 6.29. The van der Waals surface area contributed by atoms with Crippen molar-refractivity contribution in [1.29, 1.82) is 0 Å². The summed E-state index contributed by atoms with van der Waals surface area (Å²) in [7, 11) is 2.01. The molecule has 0 fully saturated rings. The van der Waals surface area contributed by atoms with Crippen molar-refractivity contribution in [3.8, 4) is 22.6 Å². The Labute approximate surface area is 172 Å². The van der Waals surface area contributed by atoms with Gasteiger partial charge in [0, 0.05) is 24.2 Å². The van der Waals surface area contributed by atoms with E-state index in [-0.39, 0.29) is 0 Å². The summed E-state index contributed by atoms with van der Waals surface area (Å²) in [6.45, 7) is 7.10. The summed E-state index contributed by atoms with van der Waals surface area (Å²) in [5.41, 5.74) is 5.16. The van der Waals surface area contributed by atoms with Gasteiger partial charge in [0.2, 0.25) is 0 Å². The van der Waals surface area contributed by atoms with Crippen LogP contribution in [0.25, 0.3) is 11.1 Å². The van der Waals surface area contributed by atoms with Crippen LogP contribution < -0.4 is 4.74 Å². The van der Waals surface area contributed by atoms with Crippen LogP contribution in [0.15, 0.2) is 65.7 Å². The third-order valence-electron chi connectivity index (χ3n) is 4.65. The fourth-order valence-electron chi connectivity index (χ4n) is 2.79. The maximum Gasteiger partial charge on any atom is 0.130 e. The van der Waals surface area contributed by atoms with Gasteiger partial charge in [-0.1, -0.05) is 41.9 Å². The highest BCUT2D eigenvalue weighted by atomic mass is 35.5. The topological polar surface area (TPSA) is 24.8 Å². The predicted octanol–water partition coefficient (Wildman–Crippen LogP) is 7.03. The van der Waals surface area contributed by atoms with E-state index in [1.165, 1.54) is 0 Å². The van der Waals surface area contributed by atoms with Crippen LogP contribution in [0, 0.1) is 13.8 Å². The number of hydrogen-bond donors (Lipinski definition) is 0. The van der Waals surface area contributed by atoms with E-state index < -0.39 is 0 Å². The molecule has 0 heterocycles. The van der Waals surface area contributed by atoms with Crippen molar-refractivity contribution >= 4 is 23.6 Å². The summed E-state index contributed by atoms with van der Waals surface area (Å²) in [6, 6.07) is 19.9. The van der Waals surface area contributed by atoms with Gasteiger partial charge in [-0.25, -0.2) is 4.99 Å². The molecular weight excluding hydrogens is 368 g/mol. The van der Waals surface area contributed by atoms with Crippen molar-refractivity contribution in [2.24, 2.45) is 4.99 Å². The molecule has 3 nitrogen and oxygen atoms in total. The van der Waals surface area contributed by atoms with Crippen LogP contribution in [0.1, 0.15) is 18.1 Å². The Balaban J connectivity index is 1.79. The van der Waals surface area contributed by atoms with Gasteiger partial charge < -0.3 is 9.64 Å². The van der Waals surface area contributed by atoms with E-state index in [2.05, 4.69) is 18.0 Å². The molecule has 0 spiro atoms. The molecule has 0 saturated carbocycles. The normalized spacial score (nSPS) is 11.0. The molecule has 0 aliphatic carbocycles. The Morgan fingerprint density at radius 2 is 1.71 bits per heavy atom. The van der Waals surface area contributed by atoms with E-state index in [0.29, 0.717) is 0 Å². The van der Waals surface area contributed by atoms with Gasteiger partial charge in [-0.2, -0.15) is 0 Å². The monoisotopic (exact) mass is 392 g/mol. The van der Waals surface area contributed by atoms with Gasteiger partial charge in [0.25, 0.3) is 0 Å². The molecule has 28 heavy (non-hydrogen) atoms. The quantitative estimate of drug-likeness (QED) is 0.332.